The topological polar surface area (TPSA) is 26.3 Å². The van der Waals surface area contributed by atoms with Crippen LogP contribution in [0.5, 0.6) is 0 Å². The first-order valence-corrected chi connectivity index (χ1v) is 6.59. The van der Waals surface area contributed by atoms with E-state index in [4.69, 9.17) is 4.74 Å². The molecule has 0 radical (unpaired) electrons. The molecule has 2 aliphatic carbocycles. The summed E-state index contributed by atoms with van der Waals surface area (Å²) in [7, 11) is 0. The second-order valence-electron chi connectivity index (χ2n) is 5.71. The number of ether oxygens (including phenoxy) is 1. The number of hydrogen-bond acceptors (Lipinski definition) is 2. The summed E-state index contributed by atoms with van der Waals surface area (Å²) in [6.07, 6.45) is 7.92. The van der Waals surface area contributed by atoms with Crippen molar-refractivity contribution in [3.8, 4) is 0 Å². The monoisotopic (exact) mass is 220 g/mol. The Bertz CT molecular complexity index is 345. The maximum atomic E-state index is 11.5. The number of carbonyl (C=O) groups excluding carboxylic acids is 1. The lowest BCUT2D eigenvalue weighted by Crippen LogP contribution is -2.36. The molecule has 0 saturated heterocycles. The maximum Gasteiger partial charge on any atom is 0.126 e. The van der Waals surface area contributed by atoms with Crippen LogP contribution in [-0.2, 0) is 9.53 Å². The van der Waals surface area contributed by atoms with E-state index in [-0.39, 0.29) is 5.41 Å². The van der Waals surface area contributed by atoms with Crippen LogP contribution in [0.2, 0.25) is 0 Å². The summed E-state index contributed by atoms with van der Waals surface area (Å²) in [6, 6.07) is 0. The molecular formula is C14H20O2. The van der Waals surface area contributed by atoms with E-state index in [9.17, 15) is 4.79 Å². The minimum absolute atomic E-state index is 0.0200. The van der Waals surface area contributed by atoms with Crippen molar-refractivity contribution in [3.05, 3.63) is 11.3 Å². The van der Waals surface area contributed by atoms with Gasteiger partial charge in [0.15, 0.2) is 0 Å². The zero-order chi connectivity index (χ0) is 11.2. The van der Waals surface area contributed by atoms with Gasteiger partial charge in [0.05, 0.1) is 12.4 Å². The number of rotatable bonds is 1. The van der Waals surface area contributed by atoms with E-state index in [1.807, 2.05) is 0 Å². The highest BCUT2D eigenvalue weighted by molar-refractivity contribution is 5.63. The normalized spacial score (nSPS) is 42.3. The van der Waals surface area contributed by atoms with E-state index in [2.05, 4.69) is 6.92 Å². The van der Waals surface area contributed by atoms with Gasteiger partial charge in [-0.15, -0.1) is 0 Å². The summed E-state index contributed by atoms with van der Waals surface area (Å²) in [5, 5.41) is 0. The molecule has 3 aliphatic rings. The van der Waals surface area contributed by atoms with E-state index in [1.165, 1.54) is 30.5 Å². The lowest BCUT2D eigenvalue weighted by molar-refractivity contribution is -0.118. The van der Waals surface area contributed by atoms with Crippen LogP contribution >= 0.6 is 0 Å². The van der Waals surface area contributed by atoms with E-state index < -0.39 is 0 Å². The first-order valence-electron chi connectivity index (χ1n) is 6.59. The molecule has 0 aromatic carbocycles. The average molecular weight is 220 g/mol. The molecule has 0 aromatic rings. The lowest BCUT2D eigenvalue weighted by Gasteiger charge is -2.42. The molecule has 2 nitrogen and oxygen atoms in total. The number of hydrogen-bond donors (Lipinski definition) is 0. The third kappa shape index (κ3) is 1.28. The zero-order valence-electron chi connectivity index (χ0n) is 10.00. The fourth-order valence-electron chi connectivity index (χ4n) is 4.03. The number of aldehydes is 1. The summed E-state index contributed by atoms with van der Waals surface area (Å²) < 4.78 is 5.81. The summed E-state index contributed by atoms with van der Waals surface area (Å²) >= 11 is 0. The van der Waals surface area contributed by atoms with Crippen molar-refractivity contribution >= 4 is 6.29 Å². The fourth-order valence-corrected chi connectivity index (χ4v) is 4.03. The highest BCUT2D eigenvalue weighted by atomic mass is 16.5. The Labute approximate surface area is 97.1 Å². The quantitative estimate of drug-likeness (QED) is 0.635. The molecule has 3 atom stereocenters. The minimum Gasteiger partial charge on any atom is -0.498 e. The predicted octanol–water partition coefficient (Wildman–Crippen LogP) is 3.08. The Balaban J connectivity index is 2.02. The summed E-state index contributed by atoms with van der Waals surface area (Å²) in [4.78, 5) is 11.5. The van der Waals surface area contributed by atoms with Gasteiger partial charge < -0.3 is 9.53 Å². The molecular weight excluding hydrogens is 200 g/mol. The Hall–Kier alpha value is -0.790. The van der Waals surface area contributed by atoms with Gasteiger partial charge in [-0.1, -0.05) is 13.3 Å². The first-order chi connectivity index (χ1) is 7.77. The van der Waals surface area contributed by atoms with Gasteiger partial charge in [0.25, 0.3) is 0 Å². The third-order valence-corrected chi connectivity index (χ3v) is 4.94. The van der Waals surface area contributed by atoms with E-state index in [0.29, 0.717) is 11.8 Å². The highest BCUT2D eigenvalue weighted by Gasteiger charge is 2.49. The average Bonchev–Trinajstić information content (AvgIpc) is 2.73. The molecule has 0 bridgehead atoms. The van der Waals surface area contributed by atoms with E-state index >= 15 is 0 Å². The van der Waals surface area contributed by atoms with Gasteiger partial charge in [-0.3, -0.25) is 0 Å². The van der Waals surface area contributed by atoms with Gasteiger partial charge in [0.2, 0.25) is 0 Å². The van der Waals surface area contributed by atoms with Gasteiger partial charge >= 0.3 is 0 Å². The SMILES string of the molecule is C[C@@H]1CCOC2=C1[C@H]1CCC[C@@]1(C=O)CC2. The van der Waals surface area contributed by atoms with E-state index in [0.717, 1.165) is 32.3 Å². The molecule has 2 heteroatoms. The Morgan fingerprint density at radius 1 is 1.38 bits per heavy atom. The second-order valence-corrected chi connectivity index (χ2v) is 5.71. The van der Waals surface area contributed by atoms with Crippen LogP contribution in [0.4, 0.5) is 0 Å². The molecule has 0 aromatic heterocycles. The van der Waals surface area contributed by atoms with Gasteiger partial charge in [0, 0.05) is 11.8 Å². The molecule has 0 N–H and O–H groups in total. The van der Waals surface area contributed by atoms with Crippen molar-refractivity contribution in [2.75, 3.05) is 6.61 Å². The maximum absolute atomic E-state index is 11.5. The second kappa shape index (κ2) is 3.61. The minimum atomic E-state index is -0.0200. The summed E-state index contributed by atoms with van der Waals surface area (Å²) in [5.41, 5.74) is 1.48. The number of allylic oxidation sites excluding steroid dienone is 2. The lowest BCUT2D eigenvalue weighted by atomic mass is 9.65. The van der Waals surface area contributed by atoms with Crippen molar-refractivity contribution in [2.24, 2.45) is 17.3 Å². The molecule has 1 aliphatic heterocycles. The molecule has 16 heavy (non-hydrogen) atoms. The zero-order valence-corrected chi connectivity index (χ0v) is 10.00. The number of fused-ring (bicyclic) bond motifs is 2. The van der Waals surface area contributed by atoms with E-state index in [1.54, 1.807) is 0 Å². The molecule has 3 rings (SSSR count). The molecule has 88 valence electrons. The Morgan fingerprint density at radius 3 is 3.06 bits per heavy atom. The molecule has 1 fully saturated rings. The standard InChI is InChI=1S/C14H20O2/c1-10-5-8-16-12-4-7-14(9-15)6-2-3-11(14)13(10)12/h9-11H,2-8H2,1H3/t10-,11-,14+/m1/s1. The van der Waals surface area contributed by atoms with Crippen molar-refractivity contribution < 1.29 is 9.53 Å². The van der Waals surface area contributed by atoms with Crippen LogP contribution in [0, 0.1) is 17.3 Å². The largest absolute Gasteiger partial charge is 0.498 e. The van der Waals surface area contributed by atoms with Crippen LogP contribution in [0.1, 0.15) is 45.4 Å². The summed E-state index contributed by atoms with van der Waals surface area (Å²) in [6.45, 7) is 3.18. The van der Waals surface area contributed by atoms with Gasteiger partial charge in [-0.25, -0.2) is 0 Å². The highest BCUT2D eigenvalue weighted by Crippen LogP contribution is 2.56. The molecule has 0 unspecified atom stereocenters. The third-order valence-electron chi connectivity index (χ3n) is 4.94. The van der Waals surface area contributed by atoms with Crippen LogP contribution in [0.15, 0.2) is 11.3 Å². The van der Waals surface area contributed by atoms with Gasteiger partial charge in [0.1, 0.15) is 6.29 Å². The van der Waals surface area contributed by atoms with Crippen molar-refractivity contribution in [1.82, 2.24) is 0 Å². The first kappa shape index (κ1) is 10.4. The van der Waals surface area contributed by atoms with Gasteiger partial charge in [-0.05, 0) is 43.1 Å². The Morgan fingerprint density at radius 2 is 2.25 bits per heavy atom. The smallest absolute Gasteiger partial charge is 0.126 e. The Kier molecular flexibility index (Phi) is 2.34. The number of carbonyl (C=O) groups is 1. The van der Waals surface area contributed by atoms with Crippen molar-refractivity contribution in [2.45, 2.75) is 45.4 Å². The molecule has 0 amide bonds. The predicted molar refractivity (Wildman–Crippen MR) is 61.8 cm³/mol. The van der Waals surface area contributed by atoms with Gasteiger partial charge in [-0.2, -0.15) is 0 Å². The fraction of sp³-hybridized carbons (Fsp3) is 0.786. The van der Waals surface area contributed by atoms with Crippen molar-refractivity contribution in [3.63, 3.8) is 0 Å². The molecule has 1 saturated carbocycles. The van der Waals surface area contributed by atoms with Crippen molar-refractivity contribution in [1.29, 1.82) is 0 Å². The van der Waals surface area contributed by atoms with Crippen LogP contribution in [0.25, 0.3) is 0 Å². The molecule has 1 heterocycles. The summed E-state index contributed by atoms with van der Waals surface area (Å²) in [5.74, 6) is 2.37. The van der Waals surface area contributed by atoms with Crippen LogP contribution in [-0.4, -0.2) is 12.9 Å². The molecule has 0 spiro atoms. The van der Waals surface area contributed by atoms with Crippen LogP contribution < -0.4 is 0 Å². The van der Waals surface area contributed by atoms with Crippen LogP contribution in [0.3, 0.4) is 0 Å².